The fraction of sp³-hybridized carbons (Fsp3) is 1.00. The zero-order chi connectivity index (χ0) is 8.97. The predicted octanol–water partition coefficient (Wildman–Crippen LogP) is 2.81. The molecule has 72 valence electrons. The van der Waals surface area contributed by atoms with Crippen LogP contribution in [0, 0.1) is 11.8 Å². The summed E-state index contributed by atoms with van der Waals surface area (Å²) in [5, 5.41) is 3.38. The minimum Gasteiger partial charge on any atom is -0.317 e. The molecular weight excluding hydrogens is 146 g/mol. The summed E-state index contributed by atoms with van der Waals surface area (Å²) < 4.78 is 0. The van der Waals surface area contributed by atoms with Crippen molar-refractivity contribution in [3.8, 4) is 0 Å². The Kier molecular flexibility index (Phi) is 4.07. The number of hydrogen-bond acceptors (Lipinski definition) is 1. The van der Waals surface area contributed by atoms with Crippen LogP contribution in [-0.2, 0) is 0 Å². The van der Waals surface area contributed by atoms with Crippen LogP contribution in [0.2, 0.25) is 0 Å². The minimum absolute atomic E-state index is 0.810. The Morgan fingerprint density at radius 3 is 2.25 bits per heavy atom. The summed E-state index contributed by atoms with van der Waals surface area (Å²) in [6.07, 6.45) is 7.03. The van der Waals surface area contributed by atoms with Gasteiger partial charge in [0.2, 0.25) is 0 Å². The van der Waals surface area contributed by atoms with Crippen molar-refractivity contribution in [1.29, 1.82) is 0 Å². The van der Waals surface area contributed by atoms with Crippen LogP contribution in [0.25, 0.3) is 0 Å². The Morgan fingerprint density at radius 1 is 1.25 bits per heavy atom. The average molecular weight is 169 g/mol. The van der Waals surface area contributed by atoms with Gasteiger partial charge in [0.05, 0.1) is 0 Å². The van der Waals surface area contributed by atoms with E-state index in [0.29, 0.717) is 0 Å². The predicted molar refractivity (Wildman–Crippen MR) is 54.3 cm³/mol. The molecule has 0 spiro atoms. The van der Waals surface area contributed by atoms with Crippen LogP contribution in [0.15, 0.2) is 0 Å². The first-order valence-corrected chi connectivity index (χ1v) is 5.45. The van der Waals surface area contributed by atoms with Gasteiger partial charge >= 0.3 is 0 Å². The van der Waals surface area contributed by atoms with Gasteiger partial charge in [-0.1, -0.05) is 20.3 Å². The normalized spacial score (nSPS) is 33.2. The summed E-state index contributed by atoms with van der Waals surface area (Å²) in [5.41, 5.74) is 0. The quantitative estimate of drug-likeness (QED) is 0.685. The van der Waals surface area contributed by atoms with E-state index in [9.17, 15) is 0 Å². The van der Waals surface area contributed by atoms with E-state index in [1.807, 2.05) is 0 Å². The van der Waals surface area contributed by atoms with Crippen molar-refractivity contribution in [2.45, 2.75) is 52.0 Å². The first kappa shape index (κ1) is 10.0. The summed E-state index contributed by atoms with van der Waals surface area (Å²) in [6, 6.07) is 0.810. The summed E-state index contributed by atoms with van der Waals surface area (Å²) in [4.78, 5) is 0. The van der Waals surface area contributed by atoms with Gasteiger partial charge in [-0.3, -0.25) is 0 Å². The largest absolute Gasteiger partial charge is 0.317 e. The molecule has 0 bridgehead atoms. The van der Waals surface area contributed by atoms with Gasteiger partial charge in [-0.05, 0) is 44.6 Å². The highest BCUT2D eigenvalue weighted by Crippen LogP contribution is 2.31. The molecular formula is C11H23N. The molecule has 1 aliphatic carbocycles. The van der Waals surface area contributed by atoms with E-state index in [1.165, 1.54) is 32.1 Å². The fourth-order valence-corrected chi connectivity index (χ4v) is 2.31. The van der Waals surface area contributed by atoms with Gasteiger partial charge in [-0.2, -0.15) is 0 Å². The Bertz CT molecular complexity index is 114. The molecule has 12 heavy (non-hydrogen) atoms. The topological polar surface area (TPSA) is 12.0 Å². The molecule has 1 rings (SSSR count). The molecule has 1 saturated carbocycles. The molecule has 0 aliphatic heterocycles. The molecule has 1 heteroatoms. The third-order valence-corrected chi connectivity index (χ3v) is 3.63. The lowest BCUT2D eigenvalue weighted by Gasteiger charge is -2.31. The third kappa shape index (κ3) is 2.48. The van der Waals surface area contributed by atoms with Gasteiger partial charge in [0.25, 0.3) is 0 Å². The van der Waals surface area contributed by atoms with E-state index in [0.717, 1.165) is 17.9 Å². The van der Waals surface area contributed by atoms with E-state index in [4.69, 9.17) is 0 Å². The Balaban J connectivity index is 2.25. The standard InChI is InChI=1S/C11H23N/c1-4-9(2)10-5-7-11(12-3)8-6-10/h9-12H,4-8H2,1-3H3. The van der Waals surface area contributed by atoms with Crippen molar-refractivity contribution in [3.05, 3.63) is 0 Å². The van der Waals surface area contributed by atoms with Crippen LogP contribution in [0.1, 0.15) is 46.0 Å². The van der Waals surface area contributed by atoms with Crippen LogP contribution < -0.4 is 5.32 Å². The molecule has 0 saturated heterocycles. The second-order valence-electron chi connectivity index (χ2n) is 4.29. The highest BCUT2D eigenvalue weighted by atomic mass is 14.9. The van der Waals surface area contributed by atoms with Crippen LogP contribution >= 0.6 is 0 Å². The van der Waals surface area contributed by atoms with Crippen molar-refractivity contribution in [1.82, 2.24) is 5.32 Å². The summed E-state index contributed by atoms with van der Waals surface area (Å²) >= 11 is 0. The molecule has 0 aromatic rings. The molecule has 1 nitrogen and oxygen atoms in total. The van der Waals surface area contributed by atoms with E-state index in [2.05, 4.69) is 26.2 Å². The van der Waals surface area contributed by atoms with Crippen molar-refractivity contribution in [2.75, 3.05) is 7.05 Å². The molecule has 0 aromatic carbocycles. The minimum atomic E-state index is 0.810. The molecule has 1 unspecified atom stereocenters. The number of hydrogen-bond donors (Lipinski definition) is 1. The van der Waals surface area contributed by atoms with E-state index in [-0.39, 0.29) is 0 Å². The van der Waals surface area contributed by atoms with E-state index >= 15 is 0 Å². The highest BCUT2D eigenvalue weighted by molar-refractivity contribution is 4.78. The van der Waals surface area contributed by atoms with Crippen molar-refractivity contribution < 1.29 is 0 Å². The van der Waals surface area contributed by atoms with Gasteiger partial charge in [-0.15, -0.1) is 0 Å². The van der Waals surface area contributed by atoms with Crippen molar-refractivity contribution in [3.63, 3.8) is 0 Å². The monoisotopic (exact) mass is 169 g/mol. The fourth-order valence-electron chi connectivity index (χ4n) is 2.31. The highest BCUT2D eigenvalue weighted by Gasteiger charge is 2.22. The zero-order valence-corrected chi connectivity index (χ0v) is 8.77. The first-order valence-electron chi connectivity index (χ1n) is 5.45. The average Bonchev–Trinajstić information content (AvgIpc) is 2.17. The van der Waals surface area contributed by atoms with Crippen molar-refractivity contribution >= 4 is 0 Å². The molecule has 0 amide bonds. The molecule has 1 fully saturated rings. The van der Waals surface area contributed by atoms with E-state index < -0.39 is 0 Å². The summed E-state index contributed by atoms with van der Waals surface area (Å²) in [7, 11) is 2.09. The Labute approximate surface area is 76.9 Å². The zero-order valence-electron chi connectivity index (χ0n) is 8.77. The third-order valence-electron chi connectivity index (χ3n) is 3.63. The number of rotatable bonds is 3. The SMILES string of the molecule is CCC(C)C1CCC(NC)CC1. The van der Waals surface area contributed by atoms with Gasteiger partial charge in [0, 0.05) is 6.04 Å². The lowest BCUT2D eigenvalue weighted by Crippen LogP contribution is -2.31. The Morgan fingerprint density at radius 2 is 1.83 bits per heavy atom. The summed E-state index contributed by atoms with van der Waals surface area (Å²) in [6.45, 7) is 4.72. The number of nitrogens with one attached hydrogen (secondary N) is 1. The lowest BCUT2D eigenvalue weighted by atomic mass is 9.78. The maximum atomic E-state index is 3.38. The van der Waals surface area contributed by atoms with Crippen LogP contribution in [0.4, 0.5) is 0 Å². The molecule has 0 aromatic heterocycles. The van der Waals surface area contributed by atoms with Gasteiger partial charge < -0.3 is 5.32 Å². The van der Waals surface area contributed by atoms with Gasteiger partial charge in [-0.25, -0.2) is 0 Å². The summed E-state index contributed by atoms with van der Waals surface area (Å²) in [5.74, 6) is 1.96. The first-order chi connectivity index (χ1) is 5.77. The van der Waals surface area contributed by atoms with Crippen LogP contribution in [0.3, 0.4) is 0 Å². The van der Waals surface area contributed by atoms with Crippen molar-refractivity contribution in [2.24, 2.45) is 11.8 Å². The Hall–Kier alpha value is -0.0400. The van der Waals surface area contributed by atoms with E-state index in [1.54, 1.807) is 0 Å². The van der Waals surface area contributed by atoms with Crippen LogP contribution in [0.5, 0.6) is 0 Å². The molecule has 0 heterocycles. The maximum Gasteiger partial charge on any atom is 0.00642 e. The van der Waals surface area contributed by atoms with Crippen LogP contribution in [-0.4, -0.2) is 13.1 Å². The smallest absolute Gasteiger partial charge is 0.00642 e. The maximum absolute atomic E-state index is 3.38. The molecule has 1 aliphatic rings. The van der Waals surface area contributed by atoms with Gasteiger partial charge in [0.1, 0.15) is 0 Å². The lowest BCUT2D eigenvalue weighted by molar-refractivity contribution is 0.229. The second-order valence-corrected chi connectivity index (χ2v) is 4.29. The molecule has 1 N–H and O–H groups in total. The molecule has 1 atom stereocenters. The van der Waals surface area contributed by atoms with Gasteiger partial charge in [0.15, 0.2) is 0 Å². The molecule has 0 radical (unpaired) electrons. The second kappa shape index (κ2) is 4.86.